The van der Waals surface area contributed by atoms with Crippen LogP contribution in [0, 0.1) is 5.41 Å². The van der Waals surface area contributed by atoms with Crippen LogP contribution in [0.25, 0.3) is 0 Å². The lowest BCUT2D eigenvalue weighted by Crippen LogP contribution is -2.32. The fraction of sp³-hybridized carbons (Fsp3) is 0.571. The Hall–Kier alpha value is -1.62. The summed E-state index contributed by atoms with van der Waals surface area (Å²) in [6.07, 6.45) is 4.86. The number of hydrogen-bond donors (Lipinski definition) is 2. The van der Waals surface area contributed by atoms with E-state index in [0.717, 1.165) is 25.9 Å². The molecule has 0 aromatic carbocycles. The Kier molecular flexibility index (Phi) is 4.04. The van der Waals surface area contributed by atoms with E-state index in [2.05, 4.69) is 24.3 Å². The molecule has 0 unspecified atom stereocenters. The fourth-order valence-electron chi connectivity index (χ4n) is 2.41. The number of carbonyl (C=O) groups is 1. The number of nitrogens with one attached hydrogen (secondary N) is 1. The topological polar surface area (TPSA) is 71.2 Å². The second-order valence-electron chi connectivity index (χ2n) is 5.89. The van der Waals surface area contributed by atoms with Gasteiger partial charge in [-0.3, -0.25) is 4.79 Å². The maximum Gasteiger partial charge on any atom is 0.255 e. The smallest absolute Gasteiger partial charge is 0.255 e. The van der Waals surface area contributed by atoms with Gasteiger partial charge in [0.25, 0.3) is 5.91 Å². The molecule has 104 valence electrons. The molecule has 19 heavy (non-hydrogen) atoms. The van der Waals surface area contributed by atoms with E-state index in [9.17, 15) is 4.79 Å². The molecule has 2 rings (SSSR count). The first-order valence-corrected chi connectivity index (χ1v) is 6.74. The number of nitrogens with two attached hydrogens (primary N) is 1. The van der Waals surface area contributed by atoms with Crippen molar-refractivity contribution in [2.45, 2.75) is 33.1 Å². The van der Waals surface area contributed by atoms with Gasteiger partial charge in [0.2, 0.25) is 0 Å². The summed E-state index contributed by atoms with van der Waals surface area (Å²) in [6, 6.07) is 3.48. The van der Waals surface area contributed by atoms with E-state index >= 15 is 0 Å². The van der Waals surface area contributed by atoms with Crippen molar-refractivity contribution >= 4 is 11.7 Å². The highest BCUT2D eigenvalue weighted by Crippen LogP contribution is 2.30. The third-order valence-corrected chi connectivity index (χ3v) is 3.79. The van der Waals surface area contributed by atoms with Gasteiger partial charge in [0, 0.05) is 19.3 Å². The molecule has 1 aromatic rings. The number of likely N-dealkylation sites (tertiary alicyclic amines) is 1. The molecule has 0 atom stereocenters. The van der Waals surface area contributed by atoms with Crippen molar-refractivity contribution in [3.8, 4) is 0 Å². The van der Waals surface area contributed by atoms with Gasteiger partial charge < -0.3 is 10.3 Å². The summed E-state index contributed by atoms with van der Waals surface area (Å²) in [7, 11) is 0. The van der Waals surface area contributed by atoms with Crippen molar-refractivity contribution in [3.05, 3.63) is 23.9 Å². The number of rotatable bonds is 2. The highest BCUT2D eigenvalue weighted by atomic mass is 16.2. The monoisotopic (exact) mass is 262 g/mol. The molecule has 1 aromatic heterocycles. The molecule has 1 aliphatic heterocycles. The van der Waals surface area contributed by atoms with Crippen LogP contribution in [-0.2, 0) is 0 Å². The van der Waals surface area contributed by atoms with E-state index < -0.39 is 0 Å². The summed E-state index contributed by atoms with van der Waals surface area (Å²) in [5, 5.41) is 0. The molecule has 5 nitrogen and oxygen atoms in total. The Morgan fingerprint density at radius 1 is 1.37 bits per heavy atom. The molecule has 5 heteroatoms. The predicted molar refractivity (Wildman–Crippen MR) is 75.6 cm³/mol. The molecule has 1 aliphatic rings. The van der Waals surface area contributed by atoms with Crippen molar-refractivity contribution in [1.29, 1.82) is 0 Å². The molecule has 0 saturated carbocycles. The standard InChI is InChI=1S/C14H22N4O/c1-14(2)6-3-8-18(9-7-14)13(19)11-4-5-12(17-15)16-10-11/h4-5,10H,3,6-9,15H2,1-2H3,(H,16,17). The summed E-state index contributed by atoms with van der Waals surface area (Å²) in [5.74, 6) is 5.89. The van der Waals surface area contributed by atoms with Gasteiger partial charge in [-0.25, -0.2) is 10.8 Å². The van der Waals surface area contributed by atoms with Gasteiger partial charge >= 0.3 is 0 Å². The summed E-state index contributed by atoms with van der Waals surface area (Å²) in [4.78, 5) is 18.4. The van der Waals surface area contributed by atoms with Crippen LogP contribution in [0.15, 0.2) is 18.3 Å². The lowest BCUT2D eigenvalue weighted by atomic mass is 9.85. The van der Waals surface area contributed by atoms with Gasteiger partial charge in [-0.1, -0.05) is 13.8 Å². The van der Waals surface area contributed by atoms with Crippen LogP contribution in [0.2, 0.25) is 0 Å². The van der Waals surface area contributed by atoms with Crippen molar-refractivity contribution in [2.24, 2.45) is 11.3 Å². The van der Waals surface area contributed by atoms with Crippen LogP contribution in [-0.4, -0.2) is 28.9 Å². The second kappa shape index (κ2) is 5.57. The van der Waals surface area contributed by atoms with Crippen molar-refractivity contribution in [2.75, 3.05) is 18.5 Å². The number of aromatic nitrogens is 1. The molecule has 1 amide bonds. The SMILES string of the molecule is CC1(C)CCCN(C(=O)c2ccc(NN)nc2)CC1. The first kappa shape index (κ1) is 13.8. The second-order valence-corrected chi connectivity index (χ2v) is 5.89. The molecule has 0 bridgehead atoms. The van der Waals surface area contributed by atoms with Gasteiger partial charge in [0.05, 0.1) is 5.56 Å². The zero-order valence-corrected chi connectivity index (χ0v) is 11.6. The minimum Gasteiger partial charge on any atom is -0.339 e. The van der Waals surface area contributed by atoms with Crippen molar-refractivity contribution in [1.82, 2.24) is 9.88 Å². The molecule has 1 saturated heterocycles. The van der Waals surface area contributed by atoms with E-state index in [4.69, 9.17) is 5.84 Å². The maximum atomic E-state index is 12.4. The van der Waals surface area contributed by atoms with Crippen molar-refractivity contribution < 1.29 is 4.79 Å². The molecule has 0 aliphatic carbocycles. The molecular formula is C14H22N4O. The van der Waals surface area contributed by atoms with Gasteiger partial charge in [-0.15, -0.1) is 0 Å². The summed E-state index contributed by atoms with van der Waals surface area (Å²) < 4.78 is 0. The van der Waals surface area contributed by atoms with E-state index in [-0.39, 0.29) is 5.91 Å². The molecular weight excluding hydrogens is 240 g/mol. The number of pyridine rings is 1. The molecule has 0 radical (unpaired) electrons. The molecule has 3 N–H and O–H groups in total. The first-order chi connectivity index (χ1) is 9.02. The molecule has 1 fully saturated rings. The average molecular weight is 262 g/mol. The van der Waals surface area contributed by atoms with Gasteiger partial charge in [0.1, 0.15) is 5.82 Å². The van der Waals surface area contributed by atoms with Crippen LogP contribution in [0.1, 0.15) is 43.5 Å². The van der Waals surface area contributed by atoms with E-state index in [1.165, 1.54) is 6.42 Å². The lowest BCUT2D eigenvalue weighted by molar-refractivity contribution is 0.0757. The number of nitrogen functional groups attached to an aromatic ring is 1. The van der Waals surface area contributed by atoms with Crippen LogP contribution in [0.5, 0.6) is 0 Å². The van der Waals surface area contributed by atoms with Gasteiger partial charge in [-0.05, 0) is 36.8 Å². The third kappa shape index (κ3) is 3.44. The number of carbonyl (C=O) groups excluding carboxylic acids is 1. The number of anilines is 1. The predicted octanol–water partition coefficient (Wildman–Crippen LogP) is 2.02. The van der Waals surface area contributed by atoms with Gasteiger partial charge in [-0.2, -0.15) is 0 Å². The Morgan fingerprint density at radius 2 is 2.16 bits per heavy atom. The van der Waals surface area contributed by atoms with E-state index in [0.29, 0.717) is 16.8 Å². The number of nitrogens with zero attached hydrogens (tertiary/aromatic N) is 2. The third-order valence-electron chi connectivity index (χ3n) is 3.79. The number of amides is 1. The zero-order chi connectivity index (χ0) is 13.9. The summed E-state index contributed by atoms with van der Waals surface area (Å²) in [6.45, 7) is 6.19. The molecule has 2 heterocycles. The normalized spacial score (nSPS) is 18.8. The maximum absolute atomic E-state index is 12.4. The lowest BCUT2D eigenvalue weighted by Gasteiger charge is -2.23. The quantitative estimate of drug-likeness (QED) is 0.632. The Bertz CT molecular complexity index is 441. The zero-order valence-electron chi connectivity index (χ0n) is 11.6. The van der Waals surface area contributed by atoms with Crippen LogP contribution < -0.4 is 11.3 Å². The largest absolute Gasteiger partial charge is 0.339 e. The Balaban J connectivity index is 2.06. The van der Waals surface area contributed by atoms with Crippen LogP contribution in [0.3, 0.4) is 0 Å². The summed E-state index contributed by atoms with van der Waals surface area (Å²) >= 11 is 0. The minimum absolute atomic E-state index is 0.0637. The first-order valence-electron chi connectivity index (χ1n) is 6.74. The Morgan fingerprint density at radius 3 is 2.79 bits per heavy atom. The van der Waals surface area contributed by atoms with Gasteiger partial charge in [0.15, 0.2) is 0 Å². The average Bonchev–Trinajstić information content (AvgIpc) is 2.59. The fourth-order valence-corrected chi connectivity index (χ4v) is 2.41. The Labute approximate surface area is 114 Å². The van der Waals surface area contributed by atoms with Crippen LogP contribution in [0.4, 0.5) is 5.82 Å². The highest BCUT2D eigenvalue weighted by Gasteiger charge is 2.25. The highest BCUT2D eigenvalue weighted by molar-refractivity contribution is 5.94. The van der Waals surface area contributed by atoms with E-state index in [1.807, 2.05) is 4.90 Å². The summed E-state index contributed by atoms with van der Waals surface area (Å²) in [5.41, 5.74) is 3.42. The number of hydrazine groups is 1. The van der Waals surface area contributed by atoms with Crippen molar-refractivity contribution in [3.63, 3.8) is 0 Å². The minimum atomic E-state index is 0.0637. The number of hydrogen-bond acceptors (Lipinski definition) is 4. The molecule has 0 spiro atoms. The van der Waals surface area contributed by atoms with E-state index in [1.54, 1.807) is 18.3 Å². The van der Waals surface area contributed by atoms with Crippen LogP contribution >= 0.6 is 0 Å².